The normalized spacial score (nSPS) is 17.0. The van der Waals surface area contributed by atoms with Gasteiger partial charge in [-0.05, 0) is 43.0 Å². The molecule has 0 atom stereocenters. The number of aliphatic imine (C=N–C) groups is 1. The summed E-state index contributed by atoms with van der Waals surface area (Å²) in [4.78, 5) is 19.3. The molecule has 1 amide bonds. The average Bonchev–Trinajstić information content (AvgIpc) is 2.91. The number of aryl methyl sites for hydroxylation is 1. The van der Waals surface area contributed by atoms with Crippen molar-refractivity contribution in [2.24, 2.45) is 4.99 Å². The van der Waals surface area contributed by atoms with Gasteiger partial charge in [0.15, 0.2) is 5.17 Å². The van der Waals surface area contributed by atoms with Gasteiger partial charge in [0.1, 0.15) is 12.4 Å². The van der Waals surface area contributed by atoms with Crippen LogP contribution >= 0.6 is 11.8 Å². The van der Waals surface area contributed by atoms with Crippen LogP contribution in [0.4, 0.5) is 5.69 Å². The zero-order valence-corrected chi connectivity index (χ0v) is 15.4. The molecular formula is C21H18N2O2S. The molecule has 4 nitrogen and oxygen atoms in total. The van der Waals surface area contributed by atoms with Crippen LogP contribution in [0.5, 0.6) is 5.75 Å². The lowest BCUT2D eigenvalue weighted by molar-refractivity contribution is -0.121. The van der Waals surface area contributed by atoms with Crippen LogP contribution < -0.4 is 4.74 Å². The Morgan fingerprint density at radius 2 is 1.96 bits per heavy atom. The zero-order chi connectivity index (χ0) is 18.5. The van der Waals surface area contributed by atoms with Gasteiger partial charge in [-0.25, -0.2) is 4.99 Å². The van der Waals surface area contributed by atoms with Gasteiger partial charge in [0.2, 0.25) is 0 Å². The molecule has 26 heavy (non-hydrogen) atoms. The van der Waals surface area contributed by atoms with Crippen LogP contribution in [0.15, 0.2) is 58.4 Å². The number of terminal acetylenes is 1. The summed E-state index contributed by atoms with van der Waals surface area (Å²) in [6.45, 7) is 2.21. The van der Waals surface area contributed by atoms with Gasteiger partial charge in [0.25, 0.3) is 5.91 Å². The predicted octanol–water partition coefficient (Wildman–Crippen LogP) is 4.24. The van der Waals surface area contributed by atoms with Crippen molar-refractivity contribution in [2.45, 2.75) is 6.92 Å². The summed E-state index contributed by atoms with van der Waals surface area (Å²) in [6.07, 6.45) is 7.07. The molecule has 1 fully saturated rings. The zero-order valence-electron chi connectivity index (χ0n) is 14.6. The van der Waals surface area contributed by atoms with Crippen LogP contribution in [-0.4, -0.2) is 29.6 Å². The molecule has 0 aromatic heterocycles. The van der Waals surface area contributed by atoms with E-state index in [9.17, 15) is 4.79 Å². The molecule has 2 aromatic rings. The minimum absolute atomic E-state index is 0.0902. The molecule has 1 aliphatic heterocycles. The molecule has 130 valence electrons. The summed E-state index contributed by atoms with van der Waals surface area (Å²) in [5.74, 6) is 3.01. The van der Waals surface area contributed by atoms with E-state index in [1.54, 1.807) is 11.9 Å². The first kappa shape index (κ1) is 17.8. The van der Waals surface area contributed by atoms with Gasteiger partial charge in [-0.1, -0.05) is 41.8 Å². The highest BCUT2D eigenvalue weighted by Crippen LogP contribution is 2.34. The number of thioether (sulfide) groups is 1. The van der Waals surface area contributed by atoms with Gasteiger partial charge in [-0.2, -0.15) is 0 Å². The lowest BCUT2D eigenvalue weighted by Crippen LogP contribution is -2.23. The van der Waals surface area contributed by atoms with Crippen molar-refractivity contribution in [3.8, 4) is 18.1 Å². The molecule has 5 heteroatoms. The van der Waals surface area contributed by atoms with E-state index in [-0.39, 0.29) is 12.5 Å². The number of hydrogen-bond acceptors (Lipinski definition) is 4. The van der Waals surface area contributed by atoms with Gasteiger partial charge in [0, 0.05) is 12.6 Å². The fourth-order valence-electron chi connectivity index (χ4n) is 2.37. The molecular weight excluding hydrogens is 344 g/mol. The molecule has 1 aliphatic rings. The number of para-hydroxylation sites is 1. The summed E-state index contributed by atoms with van der Waals surface area (Å²) in [5.41, 5.74) is 2.79. The van der Waals surface area contributed by atoms with Crippen LogP contribution in [0.25, 0.3) is 6.08 Å². The molecule has 0 unspecified atom stereocenters. The Bertz CT molecular complexity index is 924. The molecule has 0 bridgehead atoms. The number of amides is 1. The molecule has 0 saturated carbocycles. The lowest BCUT2D eigenvalue weighted by atomic mass is 10.2. The second-order valence-electron chi connectivity index (χ2n) is 5.74. The average molecular weight is 362 g/mol. The fraction of sp³-hybridized carbons (Fsp3) is 0.143. The maximum Gasteiger partial charge on any atom is 0.266 e. The molecule has 0 N–H and O–H groups in total. The Morgan fingerprint density at radius 1 is 1.23 bits per heavy atom. The summed E-state index contributed by atoms with van der Waals surface area (Å²) in [6, 6.07) is 15.4. The SMILES string of the molecule is C#CCOc1ccccc1/C=C1/SC(=Nc2ccc(C)cc2)N(C)C1=O. The number of ether oxygens (including phenoxy) is 1. The molecule has 0 radical (unpaired) electrons. The molecule has 2 aromatic carbocycles. The van der Waals surface area contributed by atoms with E-state index in [0.29, 0.717) is 15.8 Å². The largest absolute Gasteiger partial charge is 0.480 e. The molecule has 1 heterocycles. The van der Waals surface area contributed by atoms with Gasteiger partial charge in [-0.15, -0.1) is 6.42 Å². The highest BCUT2D eigenvalue weighted by atomic mass is 32.2. The van der Waals surface area contributed by atoms with Crippen LogP contribution in [0.2, 0.25) is 0 Å². The van der Waals surface area contributed by atoms with E-state index in [2.05, 4.69) is 10.9 Å². The van der Waals surface area contributed by atoms with Crippen molar-refractivity contribution in [2.75, 3.05) is 13.7 Å². The van der Waals surface area contributed by atoms with Crippen molar-refractivity contribution in [1.82, 2.24) is 4.90 Å². The first-order valence-corrected chi connectivity index (χ1v) is 8.88. The Balaban J connectivity index is 1.88. The Morgan fingerprint density at radius 3 is 2.69 bits per heavy atom. The van der Waals surface area contributed by atoms with Crippen molar-refractivity contribution in [3.63, 3.8) is 0 Å². The van der Waals surface area contributed by atoms with Crippen molar-refractivity contribution in [1.29, 1.82) is 0 Å². The minimum Gasteiger partial charge on any atom is -0.480 e. The maximum absolute atomic E-state index is 12.6. The summed E-state index contributed by atoms with van der Waals surface area (Å²) in [7, 11) is 1.73. The molecule has 0 aliphatic carbocycles. The lowest BCUT2D eigenvalue weighted by Gasteiger charge is -2.07. The van der Waals surface area contributed by atoms with E-state index in [0.717, 1.165) is 11.3 Å². The number of amidine groups is 1. The standard InChI is InChI=1S/C21H18N2O2S/c1-4-13-25-18-8-6-5-7-16(18)14-19-20(24)23(3)21(26-19)22-17-11-9-15(2)10-12-17/h1,5-12,14H,13H2,2-3H3/b19-14+,22-21?. The topological polar surface area (TPSA) is 41.9 Å². The van der Waals surface area contributed by atoms with E-state index >= 15 is 0 Å². The van der Waals surface area contributed by atoms with Gasteiger partial charge < -0.3 is 4.74 Å². The number of rotatable bonds is 4. The van der Waals surface area contributed by atoms with Crippen LogP contribution in [0.3, 0.4) is 0 Å². The van der Waals surface area contributed by atoms with Gasteiger partial charge >= 0.3 is 0 Å². The third-order valence-corrected chi connectivity index (χ3v) is 4.84. The van der Waals surface area contributed by atoms with E-state index in [1.165, 1.54) is 17.3 Å². The minimum atomic E-state index is -0.0902. The summed E-state index contributed by atoms with van der Waals surface area (Å²) >= 11 is 1.34. The summed E-state index contributed by atoms with van der Waals surface area (Å²) in [5, 5.41) is 0.645. The Labute approximate surface area is 157 Å². The Kier molecular flexibility index (Phi) is 5.45. The maximum atomic E-state index is 12.6. The number of carbonyl (C=O) groups excluding carboxylic acids is 1. The van der Waals surface area contributed by atoms with Crippen LogP contribution in [-0.2, 0) is 4.79 Å². The van der Waals surface area contributed by atoms with E-state index in [4.69, 9.17) is 11.2 Å². The highest BCUT2D eigenvalue weighted by Gasteiger charge is 2.30. The molecule has 0 spiro atoms. The van der Waals surface area contributed by atoms with E-state index < -0.39 is 0 Å². The third kappa shape index (κ3) is 3.98. The number of nitrogens with zero attached hydrogens (tertiary/aromatic N) is 2. The second kappa shape index (κ2) is 7.94. The van der Waals surface area contributed by atoms with Crippen molar-refractivity contribution in [3.05, 3.63) is 64.6 Å². The van der Waals surface area contributed by atoms with Gasteiger partial charge in [-0.3, -0.25) is 9.69 Å². The summed E-state index contributed by atoms with van der Waals surface area (Å²) < 4.78 is 5.55. The molecule has 1 saturated heterocycles. The fourth-order valence-corrected chi connectivity index (χ4v) is 3.35. The first-order chi connectivity index (χ1) is 12.6. The quantitative estimate of drug-likeness (QED) is 0.603. The number of likely N-dealkylation sites (N-methyl/N-ethyl adjacent to an activating group) is 1. The van der Waals surface area contributed by atoms with E-state index in [1.807, 2.05) is 61.5 Å². The van der Waals surface area contributed by atoms with Gasteiger partial charge in [0.05, 0.1) is 10.6 Å². The number of benzene rings is 2. The monoisotopic (exact) mass is 362 g/mol. The van der Waals surface area contributed by atoms with Crippen LogP contribution in [0.1, 0.15) is 11.1 Å². The predicted molar refractivity (Wildman–Crippen MR) is 107 cm³/mol. The third-order valence-electron chi connectivity index (χ3n) is 3.78. The van der Waals surface area contributed by atoms with Crippen molar-refractivity contribution < 1.29 is 9.53 Å². The highest BCUT2D eigenvalue weighted by molar-refractivity contribution is 8.18. The smallest absolute Gasteiger partial charge is 0.266 e. The Hall–Kier alpha value is -2.97. The number of hydrogen-bond donors (Lipinski definition) is 0. The van der Waals surface area contributed by atoms with Crippen molar-refractivity contribution >= 4 is 34.6 Å². The van der Waals surface area contributed by atoms with Crippen LogP contribution in [0, 0.1) is 19.3 Å². The molecule has 3 rings (SSSR count). The number of carbonyl (C=O) groups is 1. The first-order valence-electron chi connectivity index (χ1n) is 8.07. The second-order valence-corrected chi connectivity index (χ2v) is 6.74.